The number of nitrogens with zero attached hydrogens (tertiary/aromatic N) is 5. The van der Waals surface area contributed by atoms with Crippen molar-refractivity contribution < 1.29 is 0 Å². The van der Waals surface area contributed by atoms with Gasteiger partial charge < -0.3 is 0 Å². The van der Waals surface area contributed by atoms with Gasteiger partial charge in [-0.3, -0.25) is 24.9 Å². The van der Waals surface area contributed by atoms with Crippen molar-refractivity contribution >= 4 is 53.9 Å². The molecule has 5 nitrogen and oxygen atoms in total. The van der Waals surface area contributed by atoms with Gasteiger partial charge in [-0.05, 0) is 89.4 Å². The Bertz CT molecular complexity index is 2630. The Labute approximate surface area is 350 Å². The highest BCUT2D eigenvalue weighted by atomic mass is 14.7. The topological polar surface area (TPSA) is 64.5 Å². The second-order valence-corrected chi connectivity index (χ2v) is 16.7. The van der Waals surface area contributed by atoms with E-state index in [2.05, 4.69) is 152 Å². The van der Waals surface area contributed by atoms with Gasteiger partial charge in [-0.25, -0.2) is 0 Å². The zero-order chi connectivity index (χ0) is 39.8. The fourth-order valence-electron chi connectivity index (χ4n) is 10.7. The van der Waals surface area contributed by atoms with Crippen molar-refractivity contribution in [3.63, 3.8) is 0 Å². The summed E-state index contributed by atoms with van der Waals surface area (Å²) >= 11 is 0. The molecule has 1 saturated carbocycles. The first-order valence-corrected chi connectivity index (χ1v) is 21.4. The Hall–Kier alpha value is -6.85. The molecule has 1 aliphatic carbocycles. The molecule has 0 saturated heterocycles. The Morgan fingerprint density at radius 3 is 0.617 bits per heavy atom. The van der Waals surface area contributed by atoms with E-state index in [-0.39, 0.29) is 29.6 Å². The van der Waals surface area contributed by atoms with Crippen LogP contribution in [0.25, 0.3) is 53.9 Å². The second kappa shape index (κ2) is 15.7. The normalized spacial score (nSPS) is 20.2. The summed E-state index contributed by atoms with van der Waals surface area (Å²) in [6, 6.07) is 54.6. The van der Waals surface area contributed by atoms with Crippen LogP contribution in [0.5, 0.6) is 0 Å². The third kappa shape index (κ3) is 6.74. The van der Waals surface area contributed by atoms with Crippen LogP contribution in [0.1, 0.15) is 90.2 Å². The predicted octanol–water partition coefficient (Wildman–Crippen LogP) is 13.6. The minimum absolute atomic E-state index is 0.105. The van der Waals surface area contributed by atoms with Crippen molar-refractivity contribution in [1.82, 2.24) is 24.9 Å². The number of hydrogen-bond acceptors (Lipinski definition) is 5. The minimum atomic E-state index is 0.105. The summed E-state index contributed by atoms with van der Waals surface area (Å²) in [5.41, 5.74) is 5.78. The number of aromatic nitrogens is 5. The lowest BCUT2D eigenvalue weighted by molar-refractivity contribution is 0.343. The molecule has 0 aliphatic heterocycles. The van der Waals surface area contributed by atoms with Gasteiger partial charge >= 0.3 is 0 Å². The van der Waals surface area contributed by atoms with Crippen LogP contribution in [0.15, 0.2) is 183 Å². The first-order chi connectivity index (χ1) is 29.7. The van der Waals surface area contributed by atoms with Gasteiger partial charge in [0.15, 0.2) is 0 Å². The SMILES string of the molecule is c1ccc2c(C3CC(c4nccc5ccccc45)CC(c4nccc5ccccc45)CC(c4nccc5ccccc45)CC(c4nccc5ccccc45)C3)nccc2c1. The van der Waals surface area contributed by atoms with E-state index in [1.54, 1.807) is 0 Å². The van der Waals surface area contributed by atoms with Gasteiger partial charge in [-0.1, -0.05) is 121 Å². The fraction of sp³-hybridized carbons (Fsp3) is 0.182. The summed E-state index contributed by atoms with van der Waals surface area (Å²) in [7, 11) is 0. The summed E-state index contributed by atoms with van der Waals surface area (Å²) in [5, 5.41) is 12.2. The Morgan fingerprint density at radius 1 is 0.233 bits per heavy atom. The molecule has 5 heterocycles. The lowest BCUT2D eigenvalue weighted by atomic mass is 9.70. The molecule has 0 spiro atoms. The van der Waals surface area contributed by atoms with E-state index in [0.29, 0.717) is 0 Å². The van der Waals surface area contributed by atoms with E-state index < -0.39 is 0 Å². The molecule has 11 rings (SSSR count). The van der Waals surface area contributed by atoms with Gasteiger partial charge in [0.05, 0.1) is 28.5 Å². The molecular formula is C55H45N5. The molecular weight excluding hydrogens is 731 g/mol. The molecule has 5 heteroatoms. The summed E-state index contributed by atoms with van der Waals surface area (Å²) in [5.74, 6) is 0.523. The van der Waals surface area contributed by atoms with Crippen molar-refractivity contribution in [3.05, 3.63) is 211 Å². The largest absolute Gasteiger partial charge is 0.260 e. The van der Waals surface area contributed by atoms with Gasteiger partial charge in [0.2, 0.25) is 0 Å². The number of fused-ring (bicyclic) bond motifs is 5. The molecule has 1 aliphatic rings. The highest BCUT2D eigenvalue weighted by Gasteiger charge is 2.36. The lowest BCUT2D eigenvalue weighted by Crippen LogP contribution is -2.22. The van der Waals surface area contributed by atoms with Crippen molar-refractivity contribution in [1.29, 1.82) is 0 Å². The van der Waals surface area contributed by atoms with Crippen molar-refractivity contribution in [2.75, 3.05) is 0 Å². The summed E-state index contributed by atoms with van der Waals surface area (Å²) < 4.78 is 0. The highest BCUT2D eigenvalue weighted by Crippen LogP contribution is 2.51. The zero-order valence-corrected chi connectivity index (χ0v) is 33.5. The average Bonchev–Trinajstić information content (AvgIpc) is 3.31. The van der Waals surface area contributed by atoms with Crippen LogP contribution >= 0.6 is 0 Å². The summed E-state index contributed by atoms with van der Waals surface area (Å²) in [4.78, 5) is 26.5. The third-order valence-electron chi connectivity index (χ3n) is 13.3. The second-order valence-electron chi connectivity index (χ2n) is 16.7. The van der Waals surface area contributed by atoms with E-state index in [1.807, 2.05) is 31.0 Å². The minimum Gasteiger partial charge on any atom is -0.260 e. The fourth-order valence-corrected chi connectivity index (χ4v) is 10.7. The van der Waals surface area contributed by atoms with Crippen LogP contribution in [-0.2, 0) is 0 Å². The van der Waals surface area contributed by atoms with E-state index in [0.717, 1.165) is 60.6 Å². The maximum absolute atomic E-state index is 5.31. The number of rotatable bonds is 5. The molecule has 0 N–H and O–H groups in total. The molecule has 1 fully saturated rings. The third-order valence-corrected chi connectivity index (χ3v) is 13.3. The van der Waals surface area contributed by atoms with E-state index >= 15 is 0 Å². The Kier molecular flexibility index (Phi) is 9.50. The van der Waals surface area contributed by atoms with Crippen LogP contribution < -0.4 is 0 Å². The van der Waals surface area contributed by atoms with Gasteiger partial charge in [-0.15, -0.1) is 0 Å². The van der Waals surface area contributed by atoms with E-state index in [1.165, 1.54) is 53.9 Å². The maximum atomic E-state index is 5.31. The maximum Gasteiger partial charge on any atom is 0.0513 e. The van der Waals surface area contributed by atoms with Gasteiger partial charge in [0, 0.05) is 87.5 Å². The predicted molar refractivity (Wildman–Crippen MR) is 246 cm³/mol. The van der Waals surface area contributed by atoms with Gasteiger partial charge in [0.1, 0.15) is 0 Å². The lowest BCUT2D eigenvalue weighted by Gasteiger charge is -2.35. The zero-order valence-electron chi connectivity index (χ0n) is 33.5. The van der Waals surface area contributed by atoms with Crippen LogP contribution in [0.3, 0.4) is 0 Å². The molecule has 0 bridgehead atoms. The molecule has 290 valence electrons. The molecule has 0 atom stereocenters. The molecule has 0 amide bonds. The first kappa shape index (κ1) is 36.2. The van der Waals surface area contributed by atoms with Crippen LogP contribution in [-0.4, -0.2) is 24.9 Å². The Balaban J connectivity index is 1.19. The van der Waals surface area contributed by atoms with Crippen molar-refractivity contribution in [3.8, 4) is 0 Å². The summed E-state index contributed by atoms with van der Waals surface area (Å²) in [6.07, 6.45) is 14.5. The molecule has 60 heavy (non-hydrogen) atoms. The summed E-state index contributed by atoms with van der Waals surface area (Å²) in [6.45, 7) is 0. The van der Waals surface area contributed by atoms with E-state index in [9.17, 15) is 0 Å². The number of pyridine rings is 5. The monoisotopic (exact) mass is 775 g/mol. The van der Waals surface area contributed by atoms with Gasteiger partial charge in [0.25, 0.3) is 0 Å². The molecule has 10 aromatic rings. The molecule has 5 aromatic carbocycles. The standard InChI is InChI=1S/C55H45N5/c1-6-16-46-36(11-1)21-26-56-51(46)41-31-42(52-47-17-7-2-12-37(47)22-27-57-52)33-44(54-49-19-9-4-14-39(49)24-29-59-54)35-45(55-50-20-10-5-15-40(50)25-30-60-55)34-43(32-41)53-48-18-8-3-13-38(48)23-28-58-53/h1-30,41-45H,31-35H2. The number of hydrogen-bond donors (Lipinski definition) is 0. The van der Waals surface area contributed by atoms with Crippen LogP contribution in [0.2, 0.25) is 0 Å². The Morgan fingerprint density at radius 2 is 0.417 bits per heavy atom. The van der Waals surface area contributed by atoms with Crippen LogP contribution in [0, 0.1) is 0 Å². The molecule has 0 unspecified atom stereocenters. The average molecular weight is 776 g/mol. The van der Waals surface area contributed by atoms with Crippen LogP contribution in [0.4, 0.5) is 0 Å². The quantitative estimate of drug-likeness (QED) is 0.174. The first-order valence-electron chi connectivity index (χ1n) is 21.4. The molecule has 0 radical (unpaired) electrons. The van der Waals surface area contributed by atoms with Gasteiger partial charge in [-0.2, -0.15) is 0 Å². The molecule has 5 aromatic heterocycles. The van der Waals surface area contributed by atoms with Crippen molar-refractivity contribution in [2.45, 2.75) is 61.7 Å². The highest BCUT2D eigenvalue weighted by molar-refractivity contribution is 5.88. The van der Waals surface area contributed by atoms with E-state index in [4.69, 9.17) is 24.9 Å². The smallest absolute Gasteiger partial charge is 0.0513 e. The number of benzene rings is 5. The van der Waals surface area contributed by atoms with Crippen molar-refractivity contribution in [2.24, 2.45) is 0 Å².